The van der Waals surface area contributed by atoms with Crippen molar-refractivity contribution in [1.82, 2.24) is 9.78 Å². The number of hydrogen-bond donors (Lipinski definition) is 2. The van der Waals surface area contributed by atoms with Gasteiger partial charge in [-0.3, -0.25) is 4.68 Å². The van der Waals surface area contributed by atoms with E-state index in [4.69, 9.17) is 5.73 Å². The summed E-state index contributed by atoms with van der Waals surface area (Å²) in [6.45, 7) is 3.66. The quantitative estimate of drug-likeness (QED) is 0.853. The summed E-state index contributed by atoms with van der Waals surface area (Å²) in [5.74, 6) is 0.883. The Balaban J connectivity index is 1.99. The number of hydrogen-bond acceptors (Lipinski definition) is 3. The second-order valence-electron chi connectivity index (χ2n) is 3.77. The molecule has 0 spiro atoms. The molecule has 0 saturated heterocycles. The van der Waals surface area contributed by atoms with Crippen LogP contribution in [-0.2, 0) is 13.1 Å². The van der Waals surface area contributed by atoms with Crippen LogP contribution in [0.25, 0.3) is 0 Å². The molecule has 2 rings (SSSR count). The highest BCUT2D eigenvalue weighted by atomic mass is 79.9. The summed E-state index contributed by atoms with van der Waals surface area (Å²) in [6.07, 6.45) is 1.96. The molecule has 0 radical (unpaired) electrons. The molecule has 0 aliphatic carbocycles. The Morgan fingerprint density at radius 3 is 2.88 bits per heavy atom. The summed E-state index contributed by atoms with van der Waals surface area (Å²) in [7, 11) is 0. The van der Waals surface area contributed by atoms with Crippen LogP contribution < -0.4 is 11.1 Å². The highest BCUT2D eigenvalue weighted by molar-refractivity contribution is 9.10. The van der Waals surface area contributed by atoms with E-state index in [1.54, 1.807) is 0 Å². The van der Waals surface area contributed by atoms with Gasteiger partial charge in [-0.15, -0.1) is 0 Å². The van der Waals surface area contributed by atoms with Crippen molar-refractivity contribution in [3.8, 4) is 0 Å². The molecule has 0 unspecified atom stereocenters. The van der Waals surface area contributed by atoms with E-state index in [1.807, 2.05) is 35.1 Å². The van der Waals surface area contributed by atoms with Crippen molar-refractivity contribution in [1.29, 1.82) is 0 Å². The van der Waals surface area contributed by atoms with Crippen LogP contribution in [0.5, 0.6) is 0 Å². The van der Waals surface area contributed by atoms with Crippen LogP contribution >= 0.6 is 15.9 Å². The maximum absolute atomic E-state index is 5.82. The van der Waals surface area contributed by atoms with Crippen molar-refractivity contribution < 1.29 is 0 Å². The fraction of sp³-hybridized carbons (Fsp3) is 0.250. The Hall–Kier alpha value is -1.49. The van der Waals surface area contributed by atoms with E-state index in [1.165, 1.54) is 0 Å². The highest BCUT2D eigenvalue weighted by Gasteiger charge is 2.00. The van der Waals surface area contributed by atoms with Gasteiger partial charge in [0.05, 0.1) is 0 Å². The van der Waals surface area contributed by atoms with Crippen molar-refractivity contribution in [2.24, 2.45) is 0 Å². The molecule has 3 N–H and O–H groups in total. The van der Waals surface area contributed by atoms with Gasteiger partial charge in [0.1, 0.15) is 5.82 Å². The Morgan fingerprint density at radius 1 is 1.41 bits per heavy atom. The minimum Gasteiger partial charge on any atom is -0.398 e. The average Bonchev–Trinajstić information content (AvgIpc) is 2.79. The van der Waals surface area contributed by atoms with Gasteiger partial charge in [-0.2, -0.15) is 5.10 Å². The molecule has 0 aliphatic heterocycles. The number of benzene rings is 1. The van der Waals surface area contributed by atoms with Crippen molar-refractivity contribution >= 4 is 27.4 Å². The van der Waals surface area contributed by atoms with Crippen LogP contribution in [0.2, 0.25) is 0 Å². The number of nitrogens with two attached hydrogens (primary N) is 1. The van der Waals surface area contributed by atoms with Gasteiger partial charge >= 0.3 is 0 Å². The molecule has 1 heterocycles. The average molecular weight is 295 g/mol. The zero-order chi connectivity index (χ0) is 12.3. The van der Waals surface area contributed by atoms with E-state index >= 15 is 0 Å². The molecule has 1 aromatic heterocycles. The maximum Gasteiger partial charge on any atom is 0.148 e. The van der Waals surface area contributed by atoms with E-state index in [0.29, 0.717) is 0 Å². The normalized spacial score (nSPS) is 10.5. The van der Waals surface area contributed by atoms with Gasteiger partial charge < -0.3 is 11.1 Å². The molecule has 0 amide bonds. The molecule has 0 atom stereocenters. The van der Waals surface area contributed by atoms with Gasteiger partial charge in [0.2, 0.25) is 0 Å². The molecule has 17 heavy (non-hydrogen) atoms. The molecule has 1 aromatic carbocycles. The molecule has 5 heteroatoms. The Bertz CT molecular complexity index is 507. The first-order valence-electron chi connectivity index (χ1n) is 5.50. The summed E-state index contributed by atoms with van der Waals surface area (Å²) in [4.78, 5) is 0. The lowest BCUT2D eigenvalue weighted by Crippen LogP contribution is -2.02. The van der Waals surface area contributed by atoms with Crippen LogP contribution in [0.3, 0.4) is 0 Å². The van der Waals surface area contributed by atoms with Crippen LogP contribution in [0, 0.1) is 0 Å². The fourth-order valence-electron chi connectivity index (χ4n) is 1.53. The zero-order valence-electron chi connectivity index (χ0n) is 9.65. The third kappa shape index (κ3) is 3.00. The summed E-state index contributed by atoms with van der Waals surface area (Å²) in [5.41, 5.74) is 7.71. The molecule has 2 aromatic rings. The summed E-state index contributed by atoms with van der Waals surface area (Å²) in [5, 5.41) is 7.61. The van der Waals surface area contributed by atoms with Gasteiger partial charge in [-0.25, -0.2) is 0 Å². The molecule has 0 aliphatic rings. The standard InChI is InChI=1S/C12H15BrN4/c1-2-17-6-5-12(16-17)15-8-9-3-4-10(13)11(14)7-9/h3-7H,2,8,14H2,1H3,(H,15,16). The smallest absolute Gasteiger partial charge is 0.148 e. The molecule has 4 nitrogen and oxygen atoms in total. The first-order valence-corrected chi connectivity index (χ1v) is 6.29. The third-order valence-corrected chi connectivity index (χ3v) is 3.22. The topological polar surface area (TPSA) is 55.9 Å². The largest absolute Gasteiger partial charge is 0.398 e. The monoisotopic (exact) mass is 294 g/mol. The lowest BCUT2D eigenvalue weighted by Gasteiger charge is -2.05. The second kappa shape index (κ2) is 5.23. The van der Waals surface area contributed by atoms with Gasteiger partial charge in [0, 0.05) is 35.5 Å². The van der Waals surface area contributed by atoms with Crippen LogP contribution in [0.15, 0.2) is 34.9 Å². The first-order chi connectivity index (χ1) is 8.19. The number of rotatable bonds is 4. The molecular formula is C12H15BrN4. The van der Waals surface area contributed by atoms with Crippen molar-refractivity contribution in [2.45, 2.75) is 20.0 Å². The lowest BCUT2D eigenvalue weighted by atomic mass is 10.2. The molecular weight excluding hydrogens is 280 g/mol. The van der Waals surface area contributed by atoms with Crippen LogP contribution in [0.1, 0.15) is 12.5 Å². The van der Waals surface area contributed by atoms with Gasteiger partial charge in [0.25, 0.3) is 0 Å². The van der Waals surface area contributed by atoms with E-state index in [-0.39, 0.29) is 0 Å². The van der Waals surface area contributed by atoms with Crippen LogP contribution in [-0.4, -0.2) is 9.78 Å². The van der Waals surface area contributed by atoms with Crippen molar-refractivity contribution in [3.05, 3.63) is 40.5 Å². The number of halogens is 1. The molecule has 0 bridgehead atoms. The maximum atomic E-state index is 5.82. The molecule has 0 fully saturated rings. The zero-order valence-corrected chi connectivity index (χ0v) is 11.2. The van der Waals surface area contributed by atoms with Crippen molar-refractivity contribution in [3.63, 3.8) is 0 Å². The summed E-state index contributed by atoms with van der Waals surface area (Å²) in [6, 6.07) is 7.90. The summed E-state index contributed by atoms with van der Waals surface area (Å²) < 4.78 is 2.81. The number of nitrogens with zero attached hydrogens (tertiary/aromatic N) is 2. The predicted octanol–water partition coefficient (Wildman–Crippen LogP) is 2.86. The van der Waals surface area contributed by atoms with E-state index < -0.39 is 0 Å². The second-order valence-corrected chi connectivity index (χ2v) is 4.62. The minimum atomic E-state index is 0.720. The first kappa shape index (κ1) is 12.0. The van der Waals surface area contributed by atoms with Gasteiger partial charge in [0.15, 0.2) is 0 Å². The number of aryl methyl sites for hydroxylation is 1. The summed E-state index contributed by atoms with van der Waals surface area (Å²) >= 11 is 3.38. The highest BCUT2D eigenvalue weighted by Crippen LogP contribution is 2.20. The molecule has 90 valence electrons. The Labute approximate surface area is 109 Å². The Morgan fingerprint density at radius 2 is 2.24 bits per heavy atom. The minimum absolute atomic E-state index is 0.720. The molecule has 0 saturated carbocycles. The fourth-order valence-corrected chi connectivity index (χ4v) is 1.77. The van der Waals surface area contributed by atoms with E-state index in [2.05, 4.69) is 33.3 Å². The van der Waals surface area contributed by atoms with E-state index in [0.717, 1.165) is 34.6 Å². The number of anilines is 2. The van der Waals surface area contributed by atoms with Gasteiger partial charge in [-0.1, -0.05) is 6.07 Å². The lowest BCUT2D eigenvalue weighted by molar-refractivity contribution is 0.661. The predicted molar refractivity (Wildman–Crippen MR) is 73.8 cm³/mol. The number of nitrogens with one attached hydrogen (secondary N) is 1. The number of nitrogen functional groups attached to an aromatic ring is 1. The Kier molecular flexibility index (Phi) is 3.68. The van der Waals surface area contributed by atoms with Crippen LogP contribution in [0.4, 0.5) is 11.5 Å². The van der Waals surface area contributed by atoms with Gasteiger partial charge in [-0.05, 0) is 40.5 Å². The third-order valence-electron chi connectivity index (χ3n) is 2.50. The number of aromatic nitrogens is 2. The van der Waals surface area contributed by atoms with Crippen molar-refractivity contribution in [2.75, 3.05) is 11.1 Å². The SMILES string of the molecule is CCn1ccc(NCc2ccc(Br)c(N)c2)n1. The van der Waals surface area contributed by atoms with E-state index in [9.17, 15) is 0 Å².